The molecule has 0 radical (unpaired) electrons. The summed E-state index contributed by atoms with van der Waals surface area (Å²) in [7, 11) is 1.57. The Morgan fingerprint density at radius 1 is 1.10 bits per heavy atom. The minimum Gasteiger partial charge on any atom is -0.388 e. The minimum absolute atomic E-state index is 0.0381. The van der Waals surface area contributed by atoms with Crippen LogP contribution >= 0.6 is 0 Å². The highest BCUT2D eigenvalue weighted by Crippen LogP contribution is 2.41. The standard InChI is InChI=1S/C31H32FN5O3/c1-18-22-6-4-3-5-19(22)11-12-36(18)31(39)26-14-27(20-7-8-20)37-30(33-26)15-25(34-37)23-10-9-21(13-24(23)32)35-16-28(38)29(17-35)40-2/h3-6,9-10,13-15,18,20,28-29,38H,7-8,11-12,16-17H2,1-2H3/t18-,28?,29+/m1/s1. The monoisotopic (exact) mass is 541 g/mol. The van der Waals surface area contributed by atoms with E-state index in [1.54, 1.807) is 23.8 Å². The van der Waals surface area contributed by atoms with Gasteiger partial charge in [0.05, 0.1) is 17.8 Å². The number of ether oxygens (including phenoxy) is 1. The summed E-state index contributed by atoms with van der Waals surface area (Å²) in [4.78, 5) is 22.3. The quantitative estimate of drug-likeness (QED) is 0.404. The predicted molar refractivity (Wildman–Crippen MR) is 149 cm³/mol. The van der Waals surface area contributed by atoms with Gasteiger partial charge in [-0.05, 0) is 61.6 Å². The molecule has 1 saturated heterocycles. The Morgan fingerprint density at radius 3 is 2.67 bits per heavy atom. The molecule has 40 heavy (non-hydrogen) atoms. The van der Waals surface area contributed by atoms with E-state index in [2.05, 4.69) is 19.1 Å². The van der Waals surface area contributed by atoms with Gasteiger partial charge in [-0.15, -0.1) is 0 Å². The molecule has 7 rings (SSSR count). The highest BCUT2D eigenvalue weighted by Gasteiger charge is 2.34. The number of carbonyl (C=O) groups excluding carboxylic acids is 1. The largest absolute Gasteiger partial charge is 0.388 e. The highest BCUT2D eigenvalue weighted by molar-refractivity contribution is 5.93. The Bertz CT molecular complexity index is 1620. The summed E-state index contributed by atoms with van der Waals surface area (Å²) in [6, 6.07) is 16.9. The Hall–Kier alpha value is -3.82. The average Bonchev–Trinajstić information content (AvgIpc) is 3.61. The summed E-state index contributed by atoms with van der Waals surface area (Å²) in [5.41, 5.74) is 5.88. The third kappa shape index (κ3) is 4.24. The molecule has 0 bridgehead atoms. The number of anilines is 1. The van der Waals surface area contributed by atoms with Gasteiger partial charge in [0, 0.05) is 55.7 Å². The number of hydrogen-bond acceptors (Lipinski definition) is 6. The van der Waals surface area contributed by atoms with Gasteiger partial charge in [0.15, 0.2) is 5.65 Å². The van der Waals surface area contributed by atoms with Crippen LogP contribution in [0.1, 0.15) is 59.0 Å². The van der Waals surface area contributed by atoms with Crippen molar-refractivity contribution in [1.82, 2.24) is 19.5 Å². The Labute approximate surface area is 232 Å². The fraction of sp³-hybridized carbons (Fsp3) is 0.387. The number of amides is 1. The van der Waals surface area contributed by atoms with E-state index in [4.69, 9.17) is 14.8 Å². The molecule has 206 valence electrons. The first-order chi connectivity index (χ1) is 19.4. The maximum absolute atomic E-state index is 15.4. The second-order valence-electron chi connectivity index (χ2n) is 11.2. The molecule has 1 saturated carbocycles. The maximum Gasteiger partial charge on any atom is 0.273 e. The molecule has 4 heterocycles. The number of carbonyl (C=O) groups is 1. The van der Waals surface area contributed by atoms with Crippen molar-refractivity contribution in [3.05, 3.63) is 82.9 Å². The number of methoxy groups -OCH3 is 1. The molecule has 0 spiro atoms. The lowest BCUT2D eigenvalue weighted by molar-refractivity contribution is 0.0217. The van der Waals surface area contributed by atoms with Crippen LogP contribution in [0, 0.1) is 5.82 Å². The van der Waals surface area contributed by atoms with Crippen LogP contribution in [0.4, 0.5) is 10.1 Å². The average molecular weight is 542 g/mol. The third-order valence-corrected chi connectivity index (χ3v) is 8.66. The predicted octanol–water partition coefficient (Wildman–Crippen LogP) is 4.37. The second kappa shape index (κ2) is 9.67. The molecule has 2 fully saturated rings. The van der Waals surface area contributed by atoms with Crippen molar-refractivity contribution in [1.29, 1.82) is 0 Å². The fourth-order valence-corrected chi connectivity index (χ4v) is 6.21. The van der Waals surface area contributed by atoms with E-state index in [0.717, 1.165) is 25.0 Å². The van der Waals surface area contributed by atoms with Gasteiger partial charge in [-0.1, -0.05) is 24.3 Å². The number of aromatic nitrogens is 3. The van der Waals surface area contributed by atoms with Crippen LogP contribution in [0.15, 0.2) is 54.6 Å². The van der Waals surface area contributed by atoms with E-state index in [0.29, 0.717) is 53.8 Å². The SMILES string of the molecule is CO[C@H]1CN(c2ccc(-c3cc4nc(C(=O)N5CCc6ccccc6[C@H]5C)cc(C5CC5)n4n3)c(F)c2)CC1O. The molecule has 1 unspecified atom stereocenters. The van der Waals surface area contributed by atoms with E-state index in [9.17, 15) is 9.90 Å². The molecule has 1 aliphatic carbocycles. The molecule has 2 aliphatic heterocycles. The van der Waals surface area contributed by atoms with Gasteiger partial charge >= 0.3 is 0 Å². The zero-order valence-corrected chi connectivity index (χ0v) is 22.6. The van der Waals surface area contributed by atoms with E-state index in [-0.39, 0.29) is 18.1 Å². The van der Waals surface area contributed by atoms with E-state index >= 15 is 4.39 Å². The van der Waals surface area contributed by atoms with Gasteiger partial charge < -0.3 is 19.6 Å². The third-order valence-electron chi connectivity index (χ3n) is 8.66. The van der Waals surface area contributed by atoms with E-state index in [1.165, 1.54) is 17.2 Å². The number of β-amino-alcohol motifs (C(OH)–C–C–N with tert-alkyl or cyclic N) is 1. The Morgan fingerprint density at radius 2 is 1.93 bits per heavy atom. The van der Waals surface area contributed by atoms with Gasteiger partial charge in [0.2, 0.25) is 0 Å². The fourth-order valence-electron chi connectivity index (χ4n) is 6.21. The van der Waals surface area contributed by atoms with Crippen LogP contribution in [-0.4, -0.2) is 69.5 Å². The minimum atomic E-state index is -0.613. The Kier molecular flexibility index (Phi) is 6.09. The van der Waals surface area contributed by atoms with Gasteiger partial charge in [0.25, 0.3) is 5.91 Å². The van der Waals surface area contributed by atoms with Crippen LogP contribution in [0.25, 0.3) is 16.9 Å². The van der Waals surface area contributed by atoms with Crippen LogP contribution in [-0.2, 0) is 11.2 Å². The van der Waals surface area contributed by atoms with Crippen molar-refractivity contribution >= 4 is 17.2 Å². The van der Waals surface area contributed by atoms with Crippen LogP contribution in [0.2, 0.25) is 0 Å². The number of hydrogen-bond donors (Lipinski definition) is 1. The first-order valence-electron chi connectivity index (χ1n) is 14.0. The number of fused-ring (bicyclic) bond motifs is 2. The molecular weight excluding hydrogens is 509 g/mol. The summed E-state index contributed by atoms with van der Waals surface area (Å²) in [6.45, 7) is 3.59. The maximum atomic E-state index is 15.4. The summed E-state index contributed by atoms with van der Waals surface area (Å²) >= 11 is 0. The topological polar surface area (TPSA) is 83.2 Å². The smallest absolute Gasteiger partial charge is 0.273 e. The molecule has 8 nitrogen and oxygen atoms in total. The number of benzene rings is 2. The zero-order valence-electron chi connectivity index (χ0n) is 22.6. The van der Waals surface area contributed by atoms with Gasteiger partial charge in [-0.3, -0.25) is 4.79 Å². The lowest BCUT2D eigenvalue weighted by Gasteiger charge is -2.35. The molecule has 1 amide bonds. The second-order valence-corrected chi connectivity index (χ2v) is 11.2. The molecule has 3 aliphatic rings. The lowest BCUT2D eigenvalue weighted by Crippen LogP contribution is -2.39. The Balaban J connectivity index is 1.21. The number of halogens is 1. The van der Waals surface area contributed by atoms with Crippen molar-refractivity contribution in [2.24, 2.45) is 0 Å². The zero-order chi connectivity index (χ0) is 27.5. The summed E-state index contributed by atoms with van der Waals surface area (Å²) in [5.74, 6) is -0.181. The van der Waals surface area contributed by atoms with Crippen molar-refractivity contribution < 1.29 is 19.0 Å². The van der Waals surface area contributed by atoms with E-state index < -0.39 is 11.9 Å². The normalized spacial score (nSPS) is 22.6. The number of aliphatic hydroxyl groups is 1. The molecular formula is C31H32FN5O3. The molecule has 2 aromatic carbocycles. The van der Waals surface area contributed by atoms with E-state index in [1.807, 2.05) is 34.1 Å². The number of rotatable bonds is 5. The molecule has 3 atom stereocenters. The molecule has 1 N–H and O–H groups in total. The number of aliphatic hydroxyl groups excluding tert-OH is 1. The molecule has 2 aromatic heterocycles. The summed E-state index contributed by atoms with van der Waals surface area (Å²) < 4.78 is 22.5. The van der Waals surface area contributed by atoms with Gasteiger partial charge in [-0.2, -0.15) is 5.10 Å². The van der Waals surface area contributed by atoms with Crippen molar-refractivity contribution in [3.8, 4) is 11.3 Å². The van der Waals surface area contributed by atoms with Crippen molar-refractivity contribution in [2.75, 3.05) is 31.6 Å². The van der Waals surface area contributed by atoms with Crippen molar-refractivity contribution in [3.63, 3.8) is 0 Å². The van der Waals surface area contributed by atoms with Crippen LogP contribution in [0.5, 0.6) is 0 Å². The lowest BCUT2D eigenvalue weighted by atomic mass is 9.93. The van der Waals surface area contributed by atoms with Gasteiger partial charge in [0.1, 0.15) is 17.6 Å². The highest BCUT2D eigenvalue weighted by atomic mass is 19.1. The van der Waals surface area contributed by atoms with Gasteiger partial charge in [-0.25, -0.2) is 13.9 Å². The summed E-state index contributed by atoms with van der Waals surface area (Å²) in [5, 5.41) is 14.9. The number of nitrogens with zero attached hydrogens (tertiary/aromatic N) is 5. The first kappa shape index (κ1) is 25.2. The molecule has 4 aromatic rings. The first-order valence-corrected chi connectivity index (χ1v) is 14.0. The molecule has 9 heteroatoms. The summed E-state index contributed by atoms with van der Waals surface area (Å²) in [6.07, 6.45) is 1.97. The van der Waals surface area contributed by atoms with Crippen LogP contribution in [0.3, 0.4) is 0 Å². The van der Waals surface area contributed by atoms with Crippen LogP contribution < -0.4 is 4.90 Å². The van der Waals surface area contributed by atoms with Crippen molar-refractivity contribution in [2.45, 2.75) is 50.4 Å².